The van der Waals surface area contributed by atoms with Crippen LogP contribution in [0.2, 0.25) is 0 Å². The average Bonchev–Trinajstić information content (AvgIpc) is 2.61. The Morgan fingerprint density at radius 1 is 1.40 bits per heavy atom. The summed E-state index contributed by atoms with van der Waals surface area (Å²) in [5.41, 5.74) is 1.82. The molecule has 0 saturated carbocycles. The molecule has 134 valence electrons. The Labute approximate surface area is 151 Å². The second-order valence-corrected chi connectivity index (χ2v) is 6.57. The number of hydrogen-bond donors (Lipinski definition) is 2. The monoisotopic (exact) mass is 361 g/mol. The lowest BCUT2D eigenvalue weighted by Gasteiger charge is -2.08. The molecule has 0 spiro atoms. The molecule has 1 aromatic heterocycles. The van der Waals surface area contributed by atoms with Crippen LogP contribution in [0.5, 0.6) is 5.75 Å². The van der Waals surface area contributed by atoms with Gasteiger partial charge in [-0.2, -0.15) is 0 Å². The van der Waals surface area contributed by atoms with Crippen molar-refractivity contribution in [3.63, 3.8) is 0 Å². The highest BCUT2D eigenvalue weighted by molar-refractivity contribution is 7.98. The van der Waals surface area contributed by atoms with Crippen molar-refractivity contribution in [2.24, 2.45) is 0 Å². The Bertz CT molecular complexity index is 789. The molecule has 0 atom stereocenters. The number of ether oxygens (including phenoxy) is 1. The van der Waals surface area contributed by atoms with Crippen LogP contribution in [0.25, 0.3) is 0 Å². The van der Waals surface area contributed by atoms with Gasteiger partial charge in [0.05, 0.1) is 13.5 Å². The number of H-pyrrole nitrogens is 1. The van der Waals surface area contributed by atoms with Crippen LogP contribution >= 0.6 is 11.8 Å². The summed E-state index contributed by atoms with van der Waals surface area (Å²) in [6.45, 7) is 4.35. The van der Waals surface area contributed by atoms with E-state index in [1.54, 1.807) is 14.0 Å². The number of aryl methyl sites for hydroxylation is 1. The van der Waals surface area contributed by atoms with Crippen LogP contribution < -0.4 is 15.6 Å². The fourth-order valence-electron chi connectivity index (χ4n) is 2.26. The maximum absolute atomic E-state index is 12.3. The van der Waals surface area contributed by atoms with Gasteiger partial charge >= 0.3 is 0 Å². The van der Waals surface area contributed by atoms with Gasteiger partial charge in [-0.05, 0) is 31.0 Å². The van der Waals surface area contributed by atoms with Crippen molar-refractivity contribution >= 4 is 17.7 Å². The molecule has 0 aliphatic rings. The third kappa shape index (κ3) is 5.63. The van der Waals surface area contributed by atoms with Crippen LogP contribution in [0, 0.1) is 6.92 Å². The topological polar surface area (TPSA) is 84.1 Å². The molecule has 0 unspecified atom stereocenters. The first kappa shape index (κ1) is 19.1. The van der Waals surface area contributed by atoms with Gasteiger partial charge in [-0.3, -0.25) is 9.59 Å². The van der Waals surface area contributed by atoms with E-state index in [9.17, 15) is 9.59 Å². The Morgan fingerprint density at radius 3 is 2.88 bits per heavy atom. The number of carbonyl (C=O) groups is 1. The van der Waals surface area contributed by atoms with E-state index >= 15 is 0 Å². The predicted molar refractivity (Wildman–Crippen MR) is 99.2 cm³/mol. The predicted octanol–water partition coefficient (Wildman–Crippen LogP) is 2.45. The number of rotatable bonds is 8. The molecule has 0 fully saturated rings. The summed E-state index contributed by atoms with van der Waals surface area (Å²) in [5.74, 6) is 1.30. The van der Waals surface area contributed by atoms with Gasteiger partial charge in [0.1, 0.15) is 5.75 Å². The van der Waals surface area contributed by atoms with Crippen LogP contribution in [0.4, 0.5) is 0 Å². The molecule has 0 saturated heterocycles. The van der Waals surface area contributed by atoms with Crippen molar-refractivity contribution in [1.29, 1.82) is 0 Å². The Morgan fingerprint density at radius 2 is 2.20 bits per heavy atom. The molecule has 0 bridgehead atoms. The standard InChI is InChI=1S/C18H23N3O3S/c1-4-8-19-16(22)10-15-12(2)20-18(21-17(15)23)25-11-13-6-5-7-14(9-13)24-3/h5-7,9H,4,8,10-11H2,1-3H3,(H,19,22)(H,20,21,23). The van der Waals surface area contributed by atoms with E-state index < -0.39 is 0 Å². The van der Waals surface area contributed by atoms with Gasteiger partial charge in [0.2, 0.25) is 5.91 Å². The normalized spacial score (nSPS) is 10.5. The lowest BCUT2D eigenvalue weighted by atomic mass is 10.1. The van der Waals surface area contributed by atoms with Crippen molar-refractivity contribution in [2.75, 3.05) is 13.7 Å². The van der Waals surface area contributed by atoms with Crippen LogP contribution in [0.3, 0.4) is 0 Å². The Kier molecular flexibility index (Phi) is 7.06. The molecule has 25 heavy (non-hydrogen) atoms. The molecule has 6 nitrogen and oxygen atoms in total. The molecular formula is C18H23N3O3S. The van der Waals surface area contributed by atoms with Gasteiger partial charge in [-0.1, -0.05) is 30.8 Å². The molecule has 7 heteroatoms. The zero-order valence-electron chi connectivity index (χ0n) is 14.7. The van der Waals surface area contributed by atoms with Crippen molar-refractivity contribution in [3.8, 4) is 5.75 Å². The van der Waals surface area contributed by atoms with Gasteiger partial charge in [-0.25, -0.2) is 4.98 Å². The number of thioether (sulfide) groups is 1. The molecule has 1 aromatic carbocycles. The van der Waals surface area contributed by atoms with E-state index in [2.05, 4.69) is 15.3 Å². The van der Waals surface area contributed by atoms with E-state index in [-0.39, 0.29) is 17.9 Å². The number of aromatic amines is 1. The summed E-state index contributed by atoms with van der Waals surface area (Å²) in [5, 5.41) is 3.32. The highest BCUT2D eigenvalue weighted by Crippen LogP contribution is 2.21. The molecule has 2 N–H and O–H groups in total. The third-order valence-corrected chi connectivity index (χ3v) is 4.56. The van der Waals surface area contributed by atoms with Crippen LogP contribution in [0.1, 0.15) is 30.2 Å². The molecule has 0 aliphatic carbocycles. The third-order valence-electron chi connectivity index (χ3n) is 3.62. The van der Waals surface area contributed by atoms with Crippen molar-refractivity contribution in [1.82, 2.24) is 15.3 Å². The maximum Gasteiger partial charge on any atom is 0.255 e. The number of amides is 1. The first-order valence-electron chi connectivity index (χ1n) is 8.15. The van der Waals surface area contributed by atoms with E-state index in [0.717, 1.165) is 17.7 Å². The quantitative estimate of drug-likeness (QED) is 0.557. The zero-order chi connectivity index (χ0) is 18.2. The lowest BCUT2D eigenvalue weighted by molar-refractivity contribution is -0.120. The molecule has 0 aliphatic heterocycles. The van der Waals surface area contributed by atoms with Crippen LogP contribution in [0.15, 0.2) is 34.2 Å². The number of nitrogens with one attached hydrogen (secondary N) is 2. The second kappa shape index (κ2) is 9.27. The first-order valence-corrected chi connectivity index (χ1v) is 9.14. The fourth-order valence-corrected chi connectivity index (χ4v) is 3.11. The smallest absolute Gasteiger partial charge is 0.255 e. The Balaban J connectivity index is 2.05. The minimum atomic E-state index is -0.257. The summed E-state index contributed by atoms with van der Waals surface area (Å²) in [4.78, 5) is 31.3. The summed E-state index contributed by atoms with van der Waals surface area (Å²) in [6, 6.07) is 7.75. The summed E-state index contributed by atoms with van der Waals surface area (Å²) in [7, 11) is 1.63. The fraction of sp³-hybridized carbons (Fsp3) is 0.389. The zero-order valence-corrected chi connectivity index (χ0v) is 15.5. The maximum atomic E-state index is 12.3. The second-order valence-electron chi connectivity index (χ2n) is 5.60. The van der Waals surface area contributed by atoms with E-state index in [4.69, 9.17) is 4.74 Å². The molecule has 0 radical (unpaired) electrons. The average molecular weight is 361 g/mol. The van der Waals surface area contributed by atoms with E-state index in [1.807, 2.05) is 31.2 Å². The van der Waals surface area contributed by atoms with Gasteiger partial charge in [0.25, 0.3) is 5.56 Å². The number of nitrogens with zero attached hydrogens (tertiary/aromatic N) is 1. The minimum Gasteiger partial charge on any atom is -0.497 e. The van der Waals surface area contributed by atoms with Crippen LogP contribution in [-0.4, -0.2) is 29.5 Å². The Hall–Kier alpha value is -2.28. The number of benzene rings is 1. The summed E-state index contributed by atoms with van der Waals surface area (Å²) in [6.07, 6.45) is 0.911. The summed E-state index contributed by atoms with van der Waals surface area (Å²) >= 11 is 1.44. The lowest BCUT2D eigenvalue weighted by Crippen LogP contribution is -2.29. The van der Waals surface area contributed by atoms with E-state index in [0.29, 0.717) is 28.7 Å². The van der Waals surface area contributed by atoms with Gasteiger partial charge in [-0.15, -0.1) is 0 Å². The molecule has 1 heterocycles. The molecule has 2 aromatic rings. The van der Waals surface area contributed by atoms with Crippen molar-refractivity contribution in [2.45, 2.75) is 37.6 Å². The number of methoxy groups -OCH3 is 1. The molecular weight excluding hydrogens is 338 g/mol. The number of hydrogen-bond acceptors (Lipinski definition) is 5. The number of carbonyl (C=O) groups excluding carboxylic acids is 1. The SMILES string of the molecule is CCCNC(=O)Cc1c(C)nc(SCc2cccc(OC)c2)[nH]c1=O. The van der Waals surface area contributed by atoms with E-state index in [1.165, 1.54) is 11.8 Å². The molecule has 2 rings (SSSR count). The highest BCUT2D eigenvalue weighted by Gasteiger charge is 2.12. The van der Waals surface area contributed by atoms with Gasteiger partial charge < -0.3 is 15.0 Å². The van der Waals surface area contributed by atoms with Gasteiger partial charge in [0, 0.05) is 23.6 Å². The molecule has 1 amide bonds. The van der Waals surface area contributed by atoms with Gasteiger partial charge in [0.15, 0.2) is 5.16 Å². The number of aromatic nitrogens is 2. The first-order chi connectivity index (χ1) is 12.0. The van der Waals surface area contributed by atoms with Crippen LogP contribution in [-0.2, 0) is 17.0 Å². The minimum absolute atomic E-state index is 0.0506. The van der Waals surface area contributed by atoms with Crippen molar-refractivity contribution in [3.05, 3.63) is 51.4 Å². The largest absolute Gasteiger partial charge is 0.497 e. The highest BCUT2D eigenvalue weighted by atomic mass is 32.2. The summed E-state index contributed by atoms with van der Waals surface area (Å²) < 4.78 is 5.21. The van der Waals surface area contributed by atoms with Crippen molar-refractivity contribution < 1.29 is 9.53 Å².